The minimum atomic E-state index is -0.0418. The Hall–Kier alpha value is -3.01. The number of rotatable bonds is 5. The first-order valence-electron chi connectivity index (χ1n) is 7.41. The van der Waals surface area contributed by atoms with E-state index in [1.807, 2.05) is 77.6 Å². The van der Waals surface area contributed by atoms with Gasteiger partial charge in [-0.25, -0.2) is 0 Å². The van der Waals surface area contributed by atoms with Gasteiger partial charge in [0.05, 0.1) is 13.5 Å². The molecule has 4 heteroatoms. The molecule has 1 amide bonds. The molecule has 1 N–H and O–H groups in total. The summed E-state index contributed by atoms with van der Waals surface area (Å²) in [6.45, 7) is 0. The van der Waals surface area contributed by atoms with Crippen molar-refractivity contribution in [2.75, 3.05) is 12.4 Å². The van der Waals surface area contributed by atoms with E-state index in [-0.39, 0.29) is 5.91 Å². The molecule has 0 bridgehead atoms. The number of aromatic nitrogens is 1. The molecule has 3 rings (SSSR count). The lowest BCUT2D eigenvalue weighted by atomic mass is 10.1. The molecule has 0 fully saturated rings. The SMILES string of the molecule is COc1ccc(CC(=O)Nc2cccc(-n3cccc3)c2)cc1. The zero-order valence-corrected chi connectivity index (χ0v) is 12.9. The van der Waals surface area contributed by atoms with Crippen LogP contribution in [-0.4, -0.2) is 17.6 Å². The molecule has 3 aromatic rings. The van der Waals surface area contributed by atoms with Crippen molar-refractivity contribution in [2.45, 2.75) is 6.42 Å². The smallest absolute Gasteiger partial charge is 0.228 e. The van der Waals surface area contributed by atoms with Crippen LogP contribution in [0.3, 0.4) is 0 Å². The first-order chi connectivity index (χ1) is 11.2. The summed E-state index contributed by atoms with van der Waals surface area (Å²) >= 11 is 0. The fourth-order valence-electron chi connectivity index (χ4n) is 2.38. The molecule has 2 aromatic carbocycles. The lowest BCUT2D eigenvalue weighted by Crippen LogP contribution is -2.14. The maximum absolute atomic E-state index is 12.2. The highest BCUT2D eigenvalue weighted by Crippen LogP contribution is 2.16. The zero-order chi connectivity index (χ0) is 16.1. The highest BCUT2D eigenvalue weighted by atomic mass is 16.5. The van der Waals surface area contributed by atoms with Gasteiger partial charge in [0.1, 0.15) is 5.75 Å². The van der Waals surface area contributed by atoms with Crippen molar-refractivity contribution in [2.24, 2.45) is 0 Å². The van der Waals surface area contributed by atoms with Crippen molar-refractivity contribution < 1.29 is 9.53 Å². The van der Waals surface area contributed by atoms with E-state index in [4.69, 9.17) is 4.74 Å². The summed E-state index contributed by atoms with van der Waals surface area (Å²) in [6.07, 6.45) is 4.27. The van der Waals surface area contributed by atoms with E-state index in [1.165, 1.54) is 0 Å². The van der Waals surface area contributed by atoms with Crippen LogP contribution in [-0.2, 0) is 11.2 Å². The van der Waals surface area contributed by atoms with Crippen LogP contribution in [0.4, 0.5) is 5.69 Å². The Morgan fingerprint density at radius 3 is 2.48 bits per heavy atom. The molecule has 4 nitrogen and oxygen atoms in total. The van der Waals surface area contributed by atoms with E-state index in [1.54, 1.807) is 7.11 Å². The molecule has 0 saturated heterocycles. The average Bonchev–Trinajstić information content (AvgIpc) is 3.10. The normalized spacial score (nSPS) is 10.3. The summed E-state index contributed by atoms with van der Waals surface area (Å²) in [5.74, 6) is 0.744. The zero-order valence-electron chi connectivity index (χ0n) is 12.9. The van der Waals surface area contributed by atoms with Crippen LogP contribution in [0.1, 0.15) is 5.56 Å². The molecule has 0 aliphatic carbocycles. The third kappa shape index (κ3) is 3.80. The molecule has 0 unspecified atom stereocenters. The molecule has 1 aromatic heterocycles. The standard InChI is InChI=1S/C19H18N2O2/c1-23-18-9-7-15(8-10-18)13-19(22)20-16-5-4-6-17(14-16)21-11-2-3-12-21/h2-12,14H,13H2,1H3,(H,20,22). The van der Waals surface area contributed by atoms with Crippen molar-refractivity contribution >= 4 is 11.6 Å². The average molecular weight is 306 g/mol. The third-order valence-electron chi connectivity index (χ3n) is 3.56. The van der Waals surface area contributed by atoms with Gasteiger partial charge in [-0.2, -0.15) is 0 Å². The summed E-state index contributed by atoms with van der Waals surface area (Å²) in [7, 11) is 1.62. The van der Waals surface area contributed by atoms with Crippen LogP contribution in [0.15, 0.2) is 73.1 Å². The largest absolute Gasteiger partial charge is 0.497 e. The molecule has 0 atom stereocenters. The monoisotopic (exact) mass is 306 g/mol. The van der Waals surface area contributed by atoms with E-state index >= 15 is 0 Å². The van der Waals surface area contributed by atoms with Gasteiger partial charge in [0.15, 0.2) is 0 Å². The molecular weight excluding hydrogens is 288 g/mol. The van der Waals surface area contributed by atoms with Gasteiger partial charge in [-0.05, 0) is 48.0 Å². The highest BCUT2D eigenvalue weighted by Gasteiger charge is 2.05. The number of carbonyl (C=O) groups excluding carboxylic acids is 1. The number of carbonyl (C=O) groups is 1. The molecule has 0 aliphatic rings. The van der Waals surface area contributed by atoms with Crippen LogP contribution in [0, 0.1) is 0 Å². The molecule has 1 heterocycles. The van der Waals surface area contributed by atoms with E-state index in [0.29, 0.717) is 6.42 Å². The molecule has 0 spiro atoms. The highest BCUT2D eigenvalue weighted by molar-refractivity contribution is 5.92. The summed E-state index contributed by atoms with van der Waals surface area (Å²) in [4.78, 5) is 12.2. The number of hydrogen-bond donors (Lipinski definition) is 1. The Labute approximate surface area is 135 Å². The molecule has 0 saturated carbocycles. The lowest BCUT2D eigenvalue weighted by molar-refractivity contribution is -0.115. The Morgan fingerprint density at radius 2 is 1.78 bits per heavy atom. The molecule has 0 radical (unpaired) electrons. The second-order valence-corrected chi connectivity index (χ2v) is 5.21. The van der Waals surface area contributed by atoms with Gasteiger partial charge >= 0.3 is 0 Å². The number of benzene rings is 2. The van der Waals surface area contributed by atoms with Crippen LogP contribution in [0.5, 0.6) is 5.75 Å². The van der Waals surface area contributed by atoms with Gasteiger partial charge in [-0.1, -0.05) is 18.2 Å². The Bertz CT molecular complexity index is 777. The van der Waals surface area contributed by atoms with Gasteiger partial charge in [0.2, 0.25) is 5.91 Å². The van der Waals surface area contributed by atoms with E-state index in [0.717, 1.165) is 22.7 Å². The van der Waals surface area contributed by atoms with Crippen molar-refractivity contribution in [3.8, 4) is 11.4 Å². The number of amides is 1. The summed E-state index contributed by atoms with van der Waals surface area (Å²) in [5.41, 5.74) is 2.75. The maximum atomic E-state index is 12.2. The van der Waals surface area contributed by atoms with Crippen LogP contribution in [0.2, 0.25) is 0 Å². The second-order valence-electron chi connectivity index (χ2n) is 5.21. The van der Waals surface area contributed by atoms with E-state index in [2.05, 4.69) is 5.32 Å². The third-order valence-corrected chi connectivity index (χ3v) is 3.56. The van der Waals surface area contributed by atoms with E-state index < -0.39 is 0 Å². The molecule has 0 aliphatic heterocycles. The van der Waals surface area contributed by atoms with Crippen molar-refractivity contribution in [1.29, 1.82) is 0 Å². The molecule has 116 valence electrons. The van der Waals surface area contributed by atoms with Gasteiger partial charge in [0, 0.05) is 23.8 Å². The topological polar surface area (TPSA) is 43.3 Å². The van der Waals surface area contributed by atoms with E-state index in [9.17, 15) is 4.79 Å². The van der Waals surface area contributed by atoms with Crippen LogP contribution in [0.25, 0.3) is 5.69 Å². The number of methoxy groups -OCH3 is 1. The number of nitrogens with zero attached hydrogens (tertiary/aromatic N) is 1. The minimum Gasteiger partial charge on any atom is -0.497 e. The first kappa shape index (κ1) is 14.9. The van der Waals surface area contributed by atoms with Crippen molar-refractivity contribution in [3.05, 3.63) is 78.6 Å². The number of anilines is 1. The molecular formula is C19H18N2O2. The Kier molecular flexibility index (Phi) is 4.43. The number of nitrogens with one attached hydrogen (secondary N) is 1. The maximum Gasteiger partial charge on any atom is 0.228 e. The van der Waals surface area contributed by atoms with Crippen LogP contribution >= 0.6 is 0 Å². The summed E-state index contributed by atoms with van der Waals surface area (Å²) in [6, 6.07) is 19.2. The van der Waals surface area contributed by atoms with Gasteiger partial charge in [-0.15, -0.1) is 0 Å². The lowest BCUT2D eigenvalue weighted by Gasteiger charge is -2.09. The second kappa shape index (κ2) is 6.83. The number of ether oxygens (including phenoxy) is 1. The predicted molar refractivity (Wildman–Crippen MR) is 91.1 cm³/mol. The quantitative estimate of drug-likeness (QED) is 0.781. The summed E-state index contributed by atoms with van der Waals surface area (Å²) < 4.78 is 7.11. The Morgan fingerprint density at radius 1 is 1.04 bits per heavy atom. The molecule has 23 heavy (non-hydrogen) atoms. The fraction of sp³-hybridized carbons (Fsp3) is 0.105. The van der Waals surface area contributed by atoms with Crippen LogP contribution < -0.4 is 10.1 Å². The predicted octanol–water partition coefficient (Wildman–Crippen LogP) is 3.67. The Balaban J connectivity index is 1.66. The van der Waals surface area contributed by atoms with Crippen molar-refractivity contribution in [1.82, 2.24) is 4.57 Å². The first-order valence-corrected chi connectivity index (χ1v) is 7.41. The van der Waals surface area contributed by atoms with Gasteiger partial charge in [0.25, 0.3) is 0 Å². The fourth-order valence-corrected chi connectivity index (χ4v) is 2.38. The minimum absolute atomic E-state index is 0.0418. The van der Waals surface area contributed by atoms with Crippen molar-refractivity contribution in [3.63, 3.8) is 0 Å². The number of hydrogen-bond acceptors (Lipinski definition) is 2. The van der Waals surface area contributed by atoms with Gasteiger partial charge < -0.3 is 14.6 Å². The summed E-state index contributed by atoms with van der Waals surface area (Å²) in [5, 5.41) is 2.94. The van der Waals surface area contributed by atoms with Gasteiger partial charge in [-0.3, -0.25) is 4.79 Å².